The van der Waals surface area contributed by atoms with Gasteiger partial charge in [-0.15, -0.1) is 15.3 Å². The minimum Gasteiger partial charge on any atom is -0.366 e. The fraction of sp³-hybridized carbons (Fsp3) is 0.615. The molecule has 1 saturated carbocycles. The third-order valence-corrected chi connectivity index (χ3v) is 4.52. The van der Waals surface area contributed by atoms with Crippen molar-refractivity contribution in [2.75, 3.05) is 17.3 Å². The zero-order valence-corrected chi connectivity index (χ0v) is 13.0. The van der Waals surface area contributed by atoms with Crippen LogP contribution in [-0.2, 0) is 9.84 Å². The van der Waals surface area contributed by atoms with E-state index in [0.29, 0.717) is 18.2 Å². The summed E-state index contributed by atoms with van der Waals surface area (Å²) >= 11 is 0. The first-order valence-corrected chi connectivity index (χ1v) is 9.15. The topological polar surface area (TPSA) is 89.2 Å². The summed E-state index contributed by atoms with van der Waals surface area (Å²) in [6.07, 6.45) is 4.09. The van der Waals surface area contributed by atoms with E-state index in [4.69, 9.17) is 0 Å². The number of rotatable bonds is 6. The summed E-state index contributed by atoms with van der Waals surface area (Å²) in [7, 11) is -2.93. The van der Waals surface area contributed by atoms with E-state index < -0.39 is 9.84 Å². The molecule has 8 heteroatoms. The van der Waals surface area contributed by atoms with Crippen LogP contribution < -0.4 is 5.32 Å². The Bertz CT molecular complexity index is 751. The largest absolute Gasteiger partial charge is 0.366 e. The summed E-state index contributed by atoms with van der Waals surface area (Å²) in [6.45, 7) is 1.95. The Kier molecular flexibility index (Phi) is 3.56. The van der Waals surface area contributed by atoms with Crippen molar-refractivity contribution >= 4 is 21.3 Å². The summed E-state index contributed by atoms with van der Waals surface area (Å²) in [4.78, 5) is 0. The zero-order valence-electron chi connectivity index (χ0n) is 12.2. The fourth-order valence-electron chi connectivity index (χ4n) is 2.19. The smallest absolute Gasteiger partial charge is 0.178 e. The third kappa shape index (κ3) is 3.49. The SMILES string of the molecule is CC(CCS(C)(=O)=O)Nc1ccc2nnc(C3CC3)n2n1. The van der Waals surface area contributed by atoms with Crippen molar-refractivity contribution in [3.63, 3.8) is 0 Å². The highest BCUT2D eigenvalue weighted by molar-refractivity contribution is 7.90. The molecule has 1 aliphatic rings. The van der Waals surface area contributed by atoms with Crippen molar-refractivity contribution in [2.45, 2.75) is 38.1 Å². The predicted molar refractivity (Wildman–Crippen MR) is 80.2 cm³/mol. The molecule has 3 rings (SSSR count). The van der Waals surface area contributed by atoms with Gasteiger partial charge >= 0.3 is 0 Å². The summed E-state index contributed by atoms with van der Waals surface area (Å²) in [6, 6.07) is 3.75. The minimum absolute atomic E-state index is 0.0329. The number of fused-ring (bicyclic) bond motifs is 1. The lowest BCUT2D eigenvalue weighted by atomic mass is 10.2. The van der Waals surface area contributed by atoms with Crippen LogP contribution in [0.4, 0.5) is 5.82 Å². The lowest BCUT2D eigenvalue weighted by Gasteiger charge is -2.13. The van der Waals surface area contributed by atoms with Gasteiger partial charge in [0.2, 0.25) is 0 Å². The Morgan fingerprint density at radius 3 is 2.81 bits per heavy atom. The number of nitrogens with one attached hydrogen (secondary N) is 1. The average molecular weight is 309 g/mol. The first-order chi connectivity index (χ1) is 9.92. The highest BCUT2D eigenvalue weighted by atomic mass is 32.2. The number of sulfone groups is 1. The van der Waals surface area contributed by atoms with Crippen LogP contribution in [0, 0.1) is 0 Å². The number of hydrogen-bond acceptors (Lipinski definition) is 6. The van der Waals surface area contributed by atoms with Crippen molar-refractivity contribution in [3.8, 4) is 0 Å². The molecule has 1 N–H and O–H groups in total. The van der Waals surface area contributed by atoms with Gasteiger partial charge in [0.25, 0.3) is 0 Å². The number of anilines is 1. The normalized spacial score (nSPS) is 17.0. The van der Waals surface area contributed by atoms with Crippen molar-refractivity contribution in [3.05, 3.63) is 18.0 Å². The van der Waals surface area contributed by atoms with Gasteiger partial charge in [-0.2, -0.15) is 4.52 Å². The van der Waals surface area contributed by atoms with E-state index in [1.807, 2.05) is 19.1 Å². The van der Waals surface area contributed by atoms with E-state index in [1.54, 1.807) is 4.52 Å². The summed E-state index contributed by atoms with van der Waals surface area (Å²) in [5.74, 6) is 2.27. The van der Waals surface area contributed by atoms with E-state index in [9.17, 15) is 8.42 Å². The molecule has 1 fully saturated rings. The Labute approximate surface area is 123 Å². The van der Waals surface area contributed by atoms with E-state index >= 15 is 0 Å². The molecule has 0 radical (unpaired) electrons. The molecule has 1 unspecified atom stereocenters. The zero-order chi connectivity index (χ0) is 15.0. The second-order valence-corrected chi connectivity index (χ2v) is 8.04. The number of hydrogen-bond donors (Lipinski definition) is 1. The van der Waals surface area contributed by atoms with Crippen molar-refractivity contribution in [1.82, 2.24) is 19.8 Å². The second-order valence-electron chi connectivity index (χ2n) is 5.78. The van der Waals surface area contributed by atoms with Crippen molar-refractivity contribution in [2.24, 2.45) is 0 Å². The summed E-state index contributed by atoms with van der Waals surface area (Å²) in [5, 5.41) is 16.0. The van der Waals surface area contributed by atoms with Crippen LogP contribution in [0.1, 0.15) is 37.9 Å². The maximum Gasteiger partial charge on any atom is 0.178 e. The first-order valence-electron chi connectivity index (χ1n) is 7.09. The molecular formula is C13H19N5O2S. The molecule has 1 aliphatic carbocycles. The van der Waals surface area contributed by atoms with Crippen LogP contribution in [0.2, 0.25) is 0 Å². The molecule has 0 aromatic carbocycles. The van der Waals surface area contributed by atoms with E-state index in [2.05, 4.69) is 20.6 Å². The molecule has 21 heavy (non-hydrogen) atoms. The molecule has 0 aliphatic heterocycles. The minimum atomic E-state index is -2.93. The molecule has 0 amide bonds. The van der Waals surface area contributed by atoms with Gasteiger partial charge in [-0.3, -0.25) is 0 Å². The fourth-order valence-corrected chi connectivity index (χ4v) is 2.98. The summed E-state index contributed by atoms with van der Waals surface area (Å²) < 4.78 is 24.2. The Morgan fingerprint density at radius 2 is 2.14 bits per heavy atom. The third-order valence-electron chi connectivity index (χ3n) is 3.55. The molecule has 0 saturated heterocycles. The number of aromatic nitrogens is 4. The molecular weight excluding hydrogens is 290 g/mol. The van der Waals surface area contributed by atoms with Crippen molar-refractivity contribution in [1.29, 1.82) is 0 Å². The average Bonchev–Trinajstić information content (AvgIpc) is 3.16. The Morgan fingerprint density at radius 1 is 1.38 bits per heavy atom. The van der Waals surface area contributed by atoms with Crippen molar-refractivity contribution < 1.29 is 8.42 Å². The molecule has 7 nitrogen and oxygen atoms in total. The van der Waals surface area contributed by atoms with Crippen LogP contribution in [0.3, 0.4) is 0 Å². The molecule has 0 spiro atoms. The molecule has 1 atom stereocenters. The van der Waals surface area contributed by atoms with Crippen LogP contribution in [0.15, 0.2) is 12.1 Å². The molecule has 0 bridgehead atoms. The molecule has 2 aromatic rings. The van der Waals surface area contributed by atoms with E-state index in [0.717, 1.165) is 24.3 Å². The van der Waals surface area contributed by atoms with Gasteiger partial charge in [0.1, 0.15) is 15.7 Å². The van der Waals surface area contributed by atoms with Gasteiger partial charge in [0.05, 0.1) is 5.75 Å². The lowest BCUT2D eigenvalue weighted by Crippen LogP contribution is -2.20. The number of nitrogens with zero attached hydrogens (tertiary/aromatic N) is 4. The maximum atomic E-state index is 11.2. The van der Waals surface area contributed by atoms with E-state index in [1.165, 1.54) is 6.26 Å². The lowest BCUT2D eigenvalue weighted by molar-refractivity contribution is 0.595. The van der Waals surface area contributed by atoms with Crippen LogP contribution in [0.25, 0.3) is 5.65 Å². The van der Waals surface area contributed by atoms with E-state index in [-0.39, 0.29) is 11.8 Å². The van der Waals surface area contributed by atoms with Crippen LogP contribution in [-0.4, -0.2) is 46.3 Å². The van der Waals surface area contributed by atoms with Gasteiger partial charge in [0, 0.05) is 18.2 Å². The second kappa shape index (κ2) is 5.25. The summed E-state index contributed by atoms with van der Waals surface area (Å²) in [5.41, 5.74) is 0.742. The first kappa shape index (κ1) is 14.2. The monoisotopic (exact) mass is 309 g/mol. The van der Waals surface area contributed by atoms with Gasteiger partial charge in [-0.05, 0) is 38.3 Å². The van der Waals surface area contributed by atoms with Gasteiger partial charge in [0.15, 0.2) is 11.5 Å². The van der Waals surface area contributed by atoms with Gasteiger partial charge < -0.3 is 5.32 Å². The van der Waals surface area contributed by atoms with Crippen LogP contribution >= 0.6 is 0 Å². The Balaban J connectivity index is 1.73. The highest BCUT2D eigenvalue weighted by Gasteiger charge is 2.29. The maximum absolute atomic E-state index is 11.2. The standard InChI is InChI=1S/C13H19N5O2S/c1-9(7-8-21(2,19)20)14-11-5-6-12-15-16-13(10-3-4-10)18(12)17-11/h5-6,9-10H,3-4,7-8H2,1-2H3,(H,14,17). The predicted octanol–water partition coefficient (Wildman–Crippen LogP) is 1.24. The van der Waals surface area contributed by atoms with Crippen LogP contribution in [0.5, 0.6) is 0 Å². The van der Waals surface area contributed by atoms with Gasteiger partial charge in [-0.1, -0.05) is 0 Å². The van der Waals surface area contributed by atoms with Gasteiger partial charge in [-0.25, -0.2) is 8.42 Å². The molecule has 2 aromatic heterocycles. The molecule has 114 valence electrons. The Hall–Kier alpha value is -1.70. The quantitative estimate of drug-likeness (QED) is 0.863. The molecule has 2 heterocycles. The highest BCUT2D eigenvalue weighted by Crippen LogP contribution is 2.38.